The summed E-state index contributed by atoms with van der Waals surface area (Å²) in [6.45, 7) is 6.00. The minimum atomic E-state index is 0.0148. The number of unbranched alkanes of at least 4 members (excludes halogenated alkanes) is 1. The molecule has 3 N–H and O–H groups in total. The van der Waals surface area contributed by atoms with Crippen molar-refractivity contribution in [1.82, 2.24) is 4.98 Å². The Kier molecular flexibility index (Phi) is 6.68. The molecule has 102 valence electrons. The summed E-state index contributed by atoms with van der Waals surface area (Å²) >= 11 is 0. The van der Waals surface area contributed by atoms with Crippen LogP contribution in [-0.4, -0.2) is 29.8 Å². The zero-order chi connectivity index (χ0) is 13.4. The highest BCUT2D eigenvalue weighted by Crippen LogP contribution is 2.17. The minimum Gasteiger partial charge on any atom is -0.395 e. The Labute approximate surface area is 110 Å². The molecule has 18 heavy (non-hydrogen) atoms. The quantitative estimate of drug-likeness (QED) is 0.742. The molecule has 0 radical (unpaired) electrons. The molecule has 0 bridgehead atoms. The van der Waals surface area contributed by atoms with Gasteiger partial charge in [0.25, 0.3) is 0 Å². The zero-order valence-corrected chi connectivity index (χ0v) is 11.5. The highest BCUT2D eigenvalue weighted by atomic mass is 16.3. The monoisotopic (exact) mass is 251 g/mol. The average molecular weight is 251 g/mol. The van der Waals surface area contributed by atoms with Crippen LogP contribution in [0.5, 0.6) is 0 Å². The van der Waals surface area contributed by atoms with Crippen molar-refractivity contribution in [3.63, 3.8) is 0 Å². The third kappa shape index (κ3) is 4.27. The number of aliphatic hydroxyl groups is 1. The average Bonchev–Trinajstić information content (AvgIpc) is 2.43. The lowest BCUT2D eigenvalue weighted by Gasteiger charge is -2.23. The van der Waals surface area contributed by atoms with Gasteiger partial charge in [0.1, 0.15) is 0 Å². The maximum Gasteiger partial charge on any atom is 0.0606 e. The van der Waals surface area contributed by atoms with Crippen LogP contribution in [0.3, 0.4) is 0 Å². The van der Waals surface area contributed by atoms with Crippen LogP contribution in [0.15, 0.2) is 18.3 Å². The maximum absolute atomic E-state index is 9.10. The number of rotatable bonds is 8. The van der Waals surface area contributed by atoms with Crippen molar-refractivity contribution in [2.45, 2.75) is 39.2 Å². The number of aromatic nitrogens is 1. The lowest BCUT2D eigenvalue weighted by atomic mass is 10.1. The first-order valence-corrected chi connectivity index (χ1v) is 6.80. The number of aliphatic hydroxyl groups excluding tert-OH is 1. The van der Waals surface area contributed by atoms with E-state index in [0.717, 1.165) is 37.2 Å². The molecular formula is C14H25N3O. The van der Waals surface area contributed by atoms with Gasteiger partial charge in [0, 0.05) is 19.1 Å². The van der Waals surface area contributed by atoms with E-state index in [1.807, 2.05) is 18.3 Å². The predicted molar refractivity (Wildman–Crippen MR) is 75.7 cm³/mol. The summed E-state index contributed by atoms with van der Waals surface area (Å²) in [7, 11) is 0. The van der Waals surface area contributed by atoms with Gasteiger partial charge in [-0.3, -0.25) is 4.98 Å². The molecule has 1 aromatic rings. The molecule has 0 aliphatic rings. The van der Waals surface area contributed by atoms with E-state index in [4.69, 9.17) is 10.8 Å². The second kappa shape index (κ2) is 8.06. The Morgan fingerprint density at radius 3 is 2.61 bits per heavy atom. The Balaban J connectivity index is 2.73. The number of hydrogen-bond acceptors (Lipinski definition) is 4. The second-order valence-corrected chi connectivity index (χ2v) is 4.52. The molecule has 0 saturated carbocycles. The van der Waals surface area contributed by atoms with Gasteiger partial charge in [0.2, 0.25) is 0 Å². The van der Waals surface area contributed by atoms with Crippen LogP contribution >= 0.6 is 0 Å². The largest absolute Gasteiger partial charge is 0.395 e. The Morgan fingerprint density at radius 1 is 1.33 bits per heavy atom. The van der Waals surface area contributed by atoms with Crippen molar-refractivity contribution in [1.29, 1.82) is 0 Å². The number of nitrogens with two attached hydrogens (primary N) is 1. The molecule has 0 amide bonds. The molecule has 4 nitrogen and oxygen atoms in total. The van der Waals surface area contributed by atoms with Crippen molar-refractivity contribution >= 4 is 5.69 Å². The van der Waals surface area contributed by atoms with E-state index in [1.165, 1.54) is 0 Å². The van der Waals surface area contributed by atoms with Gasteiger partial charge in [-0.15, -0.1) is 0 Å². The Bertz CT molecular complexity index is 326. The molecular weight excluding hydrogens is 226 g/mol. The van der Waals surface area contributed by atoms with Crippen LogP contribution in [0, 0.1) is 0 Å². The van der Waals surface area contributed by atoms with E-state index in [0.29, 0.717) is 6.54 Å². The van der Waals surface area contributed by atoms with Crippen molar-refractivity contribution in [3.8, 4) is 0 Å². The fraction of sp³-hybridized carbons (Fsp3) is 0.643. The molecule has 1 heterocycles. The molecule has 1 atom stereocenters. The first kappa shape index (κ1) is 14.9. The topological polar surface area (TPSA) is 62.4 Å². The summed E-state index contributed by atoms with van der Waals surface area (Å²) in [6, 6.07) is 4.05. The molecule has 0 spiro atoms. The van der Waals surface area contributed by atoms with Crippen LogP contribution in [0.1, 0.15) is 44.8 Å². The molecule has 0 aliphatic carbocycles. The van der Waals surface area contributed by atoms with Gasteiger partial charge >= 0.3 is 0 Å². The molecule has 0 saturated heterocycles. The van der Waals surface area contributed by atoms with Gasteiger partial charge in [-0.2, -0.15) is 0 Å². The summed E-state index contributed by atoms with van der Waals surface area (Å²) in [5, 5.41) is 9.10. The molecule has 0 unspecified atom stereocenters. The molecule has 0 fully saturated rings. The molecule has 1 aromatic heterocycles. The summed E-state index contributed by atoms with van der Waals surface area (Å²) in [5.74, 6) is 0. The number of anilines is 1. The van der Waals surface area contributed by atoms with E-state index in [1.54, 1.807) is 0 Å². The minimum absolute atomic E-state index is 0.0148. The Morgan fingerprint density at radius 2 is 2.11 bits per heavy atom. The third-order valence-electron chi connectivity index (χ3n) is 3.11. The summed E-state index contributed by atoms with van der Waals surface area (Å²) in [5.41, 5.74) is 7.93. The van der Waals surface area contributed by atoms with Crippen molar-refractivity contribution in [3.05, 3.63) is 24.0 Å². The van der Waals surface area contributed by atoms with Crippen LogP contribution < -0.4 is 10.6 Å². The third-order valence-corrected chi connectivity index (χ3v) is 3.11. The van der Waals surface area contributed by atoms with Crippen LogP contribution in [0.2, 0.25) is 0 Å². The van der Waals surface area contributed by atoms with Gasteiger partial charge in [0.15, 0.2) is 0 Å². The predicted octanol–water partition coefficient (Wildman–Crippen LogP) is 2.09. The number of hydrogen-bond donors (Lipinski definition) is 2. The Hall–Kier alpha value is -1.13. The zero-order valence-electron chi connectivity index (χ0n) is 11.5. The lowest BCUT2D eigenvalue weighted by molar-refractivity contribution is 0.301. The smallest absolute Gasteiger partial charge is 0.0606 e. The fourth-order valence-corrected chi connectivity index (χ4v) is 1.85. The number of pyridine rings is 1. The number of nitrogens with zero attached hydrogens (tertiary/aromatic N) is 2. The molecule has 1 rings (SSSR count). The van der Waals surface area contributed by atoms with E-state index in [9.17, 15) is 0 Å². The van der Waals surface area contributed by atoms with Crippen LogP contribution in [-0.2, 0) is 0 Å². The van der Waals surface area contributed by atoms with Gasteiger partial charge in [-0.25, -0.2) is 0 Å². The van der Waals surface area contributed by atoms with E-state index in [-0.39, 0.29) is 12.6 Å². The first-order valence-electron chi connectivity index (χ1n) is 6.80. The highest BCUT2D eigenvalue weighted by molar-refractivity contribution is 5.44. The van der Waals surface area contributed by atoms with E-state index in [2.05, 4.69) is 23.7 Å². The SMILES string of the molecule is CCCCN(CCO)c1ccc([C@H](N)CC)nc1. The van der Waals surface area contributed by atoms with Crippen LogP contribution in [0.25, 0.3) is 0 Å². The van der Waals surface area contributed by atoms with Gasteiger partial charge in [-0.05, 0) is 25.0 Å². The summed E-state index contributed by atoms with van der Waals surface area (Å²) < 4.78 is 0. The lowest BCUT2D eigenvalue weighted by Crippen LogP contribution is -2.28. The highest BCUT2D eigenvalue weighted by Gasteiger charge is 2.08. The molecule has 0 aromatic carbocycles. The van der Waals surface area contributed by atoms with Crippen molar-refractivity contribution in [2.75, 3.05) is 24.6 Å². The van der Waals surface area contributed by atoms with E-state index >= 15 is 0 Å². The summed E-state index contributed by atoms with van der Waals surface area (Å²) in [4.78, 5) is 6.58. The van der Waals surface area contributed by atoms with Gasteiger partial charge in [0.05, 0.1) is 24.2 Å². The second-order valence-electron chi connectivity index (χ2n) is 4.52. The standard InChI is InChI=1S/C14H25N3O/c1-3-5-8-17(9-10-18)12-6-7-14(16-11-12)13(15)4-2/h6-7,11,13,18H,3-5,8-10,15H2,1-2H3/t13-/m1/s1. The van der Waals surface area contributed by atoms with Crippen molar-refractivity contribution in [2.24, 2.45) is 5.73 Å². The van der Waals surface area contributed by atoms with Gasteiger partial charge in [-0.1, -0.05) is 20.3 Å². The maximum atomic E-state index is 9.10. The molecule has 4 heteroatoms. The van der Waals surface area contributed by atoms with Crippen molar-refractivity contribution < 1.29 is 5.11 Å². The van der Waals surface area contributed by atoms with Crippen LogP contribution in [0.4, 0.5) is 5.69 Å². The fourth-order valence-electron chi connectivity index (χ4n) is 1.85. The van der Waals surface area contributed by atoms with Gasteiger partial charge < -0.3 is 15.7 Å². The normalized spacial score (nSPS) is 12.4. The molecule has 0 aliphatic heterocycles. The summed E-state index contributed by atoms with van der Waals surface area (Å²) in [6.07, 6.45) is 5.02. The first-order chi connectivity index (χ1) is 8.72. The van der Waals surface area contributed by atoms with E-state index < -0.39 is 0 Å².